The molecule has 2 saturated carbocycles. The first-order chi connectivity index (χ1) is 15.4. The minimum absolute atomic E-state index is 0.0692. The summed E-state index contributed by atoms with van der Waals surface area (Å²) in [5.41, 5.74) is 2.75. The Bertz CT molecular complexity index is 1030. The topological polar surface area (TPSA) is 73.2 Å². The molecule has 5 atom stereocenters. The van der Waals surface area contributed by atoms with Gasteiger partial charge in [-0.25, -0.2) is 0 Å². The van der Waals surface area contributed by atoms with Crippen molar-refractivity contribution in [1.29, 1.82) is 0 Å². The SMILES string of the molecule is COC1CCCC(CC(=O)NC2CCC(C)C(c3cc4cnc(C)cc4n(C)c3=O)C2)C1. The number of ether oxygens (including phenoxy) is 1. The standard InChI is InChI=1S/C26H37N3O3/c1-16-8-9-20(28-25(30)12-18-6-5-7-21(11-18)32-4)14-22(16)23-13-19-15-27-17(2)10-24(19)29(3)26(23)31/h10,13,15-16,18,20-22H,5-9,11-12,14H2,1-4H3,(H,28,30). The van der Waals surface area contributed by atoms with Crippen LogP contribution >= 0.6 is 0 Å². The van der Waals surface area contributed by atoms with Crippen LogP contribution in [-0.2, 0) is 16.6 Å². The third-order valence-corrected chi connectivity index (χ3v) is 7.78. The Balaban J connectivity index is 1.47. The van der Waals surface area contributed by atoms with E-state index in [1.165, 1.54) is 0 Å². The number of amides is 1. The van der Waals surface area contributed by atoms with Crippen LogP contribution in [0.1, 0.15) is 75.5 Å². The Morgan fingerprint density at radius 1 is 1.22 bits per heavy atom. The van der Waals surface area contributed by atoms with Crippen LogP contribution in [0.2, 0.25) is 0 Å². The molecule has 0 aliphatic heterocycles. The van der Waals surface area contributed by atoms with Gasteiger partial charge in [0, 0.05) is 49.5 Å². The van der Waals surface area contributed by atoms with Gasteiger partial charge in [-0.3, -0.25) is 14.6 Å². The van der Waals surface area contributed by atoms with E-state index >= 15 is 0 Å². The molecule has 4 rings (SSSR count). The number of carbonyl (C=O) groups is 1. The zero-order valence-corrected chi connectivity index (χ0v) is 19.9. The Morgan fingerprint density at radius 2 is 2.03 bits per heavy atom. The van der Waals surface area contributed by atoms with Gasteiger partial charge in [0.25, 0.3) is 5.56 Å². The number of methoxy groups -OCH3 is 1. The van der Waals surface area contributed by atoms with E-state index in [-0.39, 0.29) is 23.4 Å². The van der Waals surface area contributed by atoms with E-state index in [0.29, 0.717) is 24.4 Å². The number of carbonyl (C=O) groups excluding carboxylic acids is 1. The first kappa shape index (κ1) is 23.0. The Hall–Kier alpha value is -2.21. The molecule has 0 aromatic carbocycles. The molecule has 0 bridgehead atoms. The third-order valence-electron chi connectivity index (χ3n) is 7.78. The fourth-order valence-electron chi connectivity index (χ4n) is 5.83. The summed E-state index contributed by atoms with van der Waals surface area (Å²) in [4.78, 5) is 30.5. The number of aryl methyl sites for hydroxylation is 2. The fraction of sp³-hybridized carbons (Fsp3) is 0.654. The van der Waals surface area contributed by atoms with E-state index in [0.717, 1.165) is 67.1 Å². The second kappa shape index (κ2) is 9.74. The Kier molecular flexibility index (Phi) is 6.99. The Labute approximate surface area is 190 Å². The molecule has 2 fully saturated rings. The summed E-state index contributed by atoms with van der Waals surface area (Å²) in [6.07, 6.45) is 9.87. The van der Waals surface area contributed by atoms with Crippen LogP contribution in [0, 0.1) is 18.8 Å². The van der Waals surface area contributed by atoms with Crippen molar-refractivity contribution in [2.24, 2.45) is 18.9 Å². The Morgan fingerprint density at radius 3 is 2.81 bits per heavy atom. The number of aromatic nitrogens is 2. The van der Waals surface area contributed by atoms with Crippen LogP contribution in [0.15, 0.2) is 23.1 Å². The van der Waals surface area contributed by atoms with Crippen LogP contribution in [0.3, 0.4) is 0 Å². The lowest BCUT2D eigenvalue weighted by Crippen LogP contribution is -2.42. The summed E-state index contributed by atoms with van der Waals surface area (Å²) in [6.45, 7) is 4.17. The maximum absolute atomic E-state index is 13.2. The molecule has 6 heteroatoms. The quantitative estimate of drug-likeness (QED) is 0.757. The lowest BCUT2D eigenvalue weighted by atomic mass is 9.74. The minimum atomic E-state index is 0.0692. The summed E-state index contributed by atoms with van der Waals surface area (Å²) in [7, 11) is 3.61. The lowest BCUT2D eigenvalue weighted by molar-refractivity contribution is -0.123. The second-order valence-electron chi connectivity index (χ2n) is 10.1. The average molecular weight is 440 g/mol. The number of rotatable bonds is 5. The smallest absolute Gasteiger partial charge is 0.254 e. The molecule has 5 unspecified atom stereocenters. The number of nitrogens with one attached hydrogen (secondary N) is 1. The summed E-state index contributed by atoms with van der Waals surface area (Å²) in [6, 6.07) is 4.12. The highest BCUT2D eigenvalue weighted by molar-refractivity contribution is 5.79. The molecule has 0 saturated heterocycles. The van der Waals surface area contributed by atoms with E-state index in [4.69, 9.17) is 4.74 Å². The largest absolute Gasteiger partial charge is 0.381 e. The van der Waals surface area contributed by atoms with Gasteiger partial charge in [-0.1, -0.05) is 13.3 Å². The van der Waals surface area contributed by atoms with Crippen LogP contribution in [0.25, 0.3) is 10.9 Å². The molecular formula is C26H37N3O3. The third kappa shape index (κ3) is 4.90. The predicted molar refractivity (Wildman–Crippen MR) is 127 cm³/mol. The summed E-state index contributed by atoms with van der Waals surface area (Å²) >= 11 is 0. The van der Waals surface area contributed by atoms with E-state index in [2.05, 4.69) is 17.2 Å². The first-order valence-electron chi connectivity index (χ1n) is 12.1. The van der Waals surface area contributed by atoms with Gasteiger partial charge < -0.3 is 14.6 Å². The minimum Gasteiger partial charge on any atom is -0.381 e. The average Bonchev–Trinajstić information content (AvgIpc) is 2.78. The van der Waals surface area contributed by atoms with Gasteiger partial charge in [-0.05, 0) is 75.3 Å². The van der Waals surface area contributed by atoms with Gasteiger partial charge in [0.2, 0.25) is 5.91 Å². The normalized spacial score (nSPS) is 28.6. The van der Waals surface area contributed by atoms with Crippen LogP contribution < -0.4 is 10.9 Å². The van der Waals surface area contributed by atoms with Crippen molar-refractivity contribution in [2.75, 3.05) is 7.11 Å². The number of nitrogens with zero attached hydrogens (tertiary/aromatic N) is 2. The molecular weight excluding hydrogens is 402 g/mol. The summed E-state index contributed by atoms with van der Waals surface area (Å²) in [5, 5.41) is 4.29. The van der Waals surface area contributed by atoms with Gasteiger partial charge >= 0.3 is 0 Å². The molecule has 2 aliphatic carbocycles. The van der Waals surface area contributed by atoms with Gasteiger partial charge in [0.15, 0.2) is 0 Å². The molecule has 32 heavy (non-hydrogen) atoms. The van der Waals surface area contributed by atoms with Crippen molar-refractivity contribution < 1.29 is 9.53 Å². The maximum atomic E-state index is 13.2. The number of hydrogen-bond acceptors (Lipinski definition) is 4. The molecule has 0 spiro atoms. The number of fused-ring (bicyclic) bond motifs is 1. The highest BCUT2D eigenvalue weighted by Gasteiger charge is 2.32. The molecule has 1 amide bonds. The van der Waals surface area contributed by atoms with Crippen molar-refractivity contribution >= 4 is 16.8 Å². The molecule has 2 aromatic heterocycles. The molecule has 0 radical (unpaired) electrons. The van der Waals surface area contributed by atoms with Crippen molar-refractivity contribution in [2.45, 2.75) is 83.3 Å². The van der Waals surface area contributed by atoms with E-state index in [1.807, 2.05) is 32.3 Å². The maximum Gasteiger partial charge on any atom is 0.254 e. The van der Waals surface area contributed by atoms with Crippen molar-refractivity contribution in [3.63, 3.8) is 0 Å². The summed E-state index contributed by atoms with van der Waals surface area (Å²) in [5.74, 6) is 1.12. The monoisotopic (exact) mass is 439 g/mol. The fourth-order valence-corrected chi connectivity index (χ4v) is 5.83. The molecule has 2 aromatic rings. The zero-order valence-electron chi connectivity index (χ0n) is 19.9. The van der Waals surface area contributed by atoms with Crippen LogP contribution in [0.5, 0.6) is 0 Å². The van der Waals surface area contributed by atoms with Gasteiger partial charge in [-0.15, -0.1) is 0 Å². The molecule has 2 heterocycles. The van der Waals surface area contributed by atoms with E-state index in [1.54, 1.807) is 11.7 Å². The van der Waals surface area contributed by atoms with Crippen molar-refractivity contribution in [1.82, 2.24) is 14.9 Å². The van der Waals surface area contributed by atoms with Crippen molar-refractivity contribution in [3.05, 3.63) is 39.9 Å². The van der Waals surface area contributed by atoms with Gasteiger partial charge in [0.1, 0.15) is 0 Å². The van der Waals surface area contributed by atoms with Crippen LogP contribution in [0.4, 0.5) is 0 Å². The predicted octanol–water partition coefficient (Wildman–Crippen LogP) is 4.23. The number of pyridine rings is 2. The van der Waals surface area contributed by atoms with E-state index in [9.17, 15) is 9.59 Å². The molecule has 2 aliphatic rings. The number of hydrogen-bond donors (Lipinski definition) is 1. The van der Waals surface area contributed by atoms with Gasteiger partial charge in [-0.2, -0.15) is 0 Å². The van der Waals surface area contributed by atoms with Crippen molar-refractivity contribution in [3.8, 4) is 0 Å². The lowest BCUT2D eigenvalue weighted by Gasteiger charge is -2.35. The summed E-state index contributed by atoms with van der Waals surface area (Å²) < 4.78 is 7.27. The van der Waals surface area contributed by atoms with Crippen LogP contribution in [-0.4, -0.2) is 34.7 Å². The van der Waals surface area contributed by atoms with E-state index < -0.39 is 0 Å². The molecule has 6 nitrogen and oxygen atoms in total. The zero-order chi connectivity index (χ0) is 22.8. The first-order valence-corrected chi connectivity index (χ1v) is 12.1. The molecule has 174 valence electrons. The second-order valence-corrected chi connectivity index (χ2v) is 10.1. The molecule has 1 N–H and O–H groups in total. The highest BCUT2D eigenvalue weighted by Crippen LogP contribution is 2.37. The van der Waals surface area contributed by atoms with Gasteiger partial charge in [0.05, 0.1) is 11.6 Å². The highest BCUT2D eigenvalue weighted by atomic mass is 16.5.